The van der Waals surface area contributed by atoms with E-state index in [4.69, 9.17) is 27.9 Å². The van der Waals surface area contributed by atoms with Gasteiger partial charge in [0.15, 0.2) is 0 Å². The highest BCUT2D eigenvalue weighted by molar-refractivity contribution is 6.37. The third-order valence-electron chi connectivity index (χ3n) is 3.36. The average Bonchev–Trinajstić information content (AvgIpc) is 2.39. The quantitative estimate of drug-likeness (QED) is 0.928. The first-order chi connectivity index (χ1) is 9.06. The molecule has 0 aliphatic carbocycles. The largest absolute Gasteiger partial charge is 0.375 e. The predicted octanol–water partition coefficient (Wildman–Crippen LogP) is 3.43. The summed E-state index contributed by atoms with van der Waals surface area (Å²) in [5.74, 6) is 1.42. The van der Waals surface area contributed by atoms with Crippen molar-refractivity contribution < 1.29 is 4.74 Å². The second-order valence-corrected chi connectivity index (χ2v) is 5.55. The Bertz CT molecular complexity index is 456. The van der Waals surface area contributed by atoms with Crippen LogP contribution in [0.4, 0.5) is 11.6 Å². The van der Waals surface area contributed by atoms with E-state index in [9.17, 15) is 0 Å². The number of morpholine rings is 1. The highest BCUT2D eigenvalue weighted by atomic mass is 35.5. The van der Waals surface area contributed by atoms with Gasteiger partial charge in [0.1, 0.15) is 11.6 Å². The molecule has 106 valence electrons. The van der Waals surface area contributed by atoms with Crippen LogP contribution >= 0.6 is 23.2 Å². The van der Waals surface area contributed by atoms with Crippen LogP contribution in [0.5, 0.6) is 0 Å². The summed E-state index contributed by atoms with van der Waals surface area (Å²) in [7, 11) is 1.80. The van der Waals surface area contributed by atoms with Gasteiger partial charge in [0, 0.05) is 13.6 Å². The Kier molecular flexibility index (Phi) is 4.76. The molecule has 2 unspecified atom stereocenters. The van der Waals surface area contributed by atoms with Crippen molar-refractivity contribution in [3.8, 4) is 0 Å². The molecule has 0 amide bonds. The van der Waals surface area contributed by atoms with E-state index in [1.54, 1.807) is 13.1 Å². The molecule has 1 aliphatic heterocycles. The molecule has 2 atom stereocenters. The minimum Gasteiger partial charge on any atom is -0.375 e. The minimum absolute atomic E-state index is 0.175. The van der Waals surface area contributed by atoms with Crippen LogP contribution < -0.4 is 10.2 Å². The molecule has 1 aromatic heterocycles. The van der Waals surface area contributed by atoms with E-state index in [2.05, 4.69) is 29.0 Å². The molecule has 2 rings (SSSR count). The van der Waals surface area contributed by atoms with E-state index in [0.29, 0.717) is 28.5 Å². The molecule has 0 spiro atoms. The van der Waals surface area contributed by atoms with Crippen molar-refractivity contribution in [3.63, 3.8) is 0 Å². The summed E-state index contributed by atoms with van der Waals surface area (Å²) in [5, 5.41) is 4.10. The van der Waals surface area contributed by atoms with Gasteiger partial charge in [0.2, 0.25) is 0 Å². The lowest BCUT2D eigenvalue weighted by molar-refractivity contribution is 0.0296. The van der Waals surface area contributed by atoms with Crippen LogP contribution in [0.2, 0.25) is 10.0 Å². The maximum atomic E-state index is 6.30. The van der Waals surface area contributed by atoms with Gasteiger partial charge in [-0.2, -0.15) is 0 Å². The first-order valence-corrected chi connectivity index (χ1v) is 7.24. The first kappa shape index (κ1) is 14.7. The Morgan fingerprint density at radius 1 is 1.47 bits per heavy atom. The van der Waals surface area contributed by atoms with Crippen LogP contribution in [0.25, 0.3) is 0 Å². The third kappa shape index (κ3) is 3.07. The van der Waals surface area contributed by atoms with Crippen molar-refractivity contribution in [2.45, 2.75) is 32.4 Å². The number of anilines is 2. The summed E-state index contributed by atoms with van der Waals surface area (Å²) in [4.78, 5) is 6.76. The smallest absolute Gasteiger partial charge is 0.150 e. The molecular formula is C13H19Cl2N3O. The molecule has 0 aromatic carbocycles. The van der Waals surface area contributed by atoms with Crippen LogP contribution in [0.3, 0.4) is 0 Å². The molecule has 1 N–H and O–H groups in total. The van der Waals surface area contributed by atoms with E-state index >= 15 is 0 Å². The predicted molar refractivity (Wildman–Crippen MR) is 80.6 cm³/mol. The fourth-order valence-corrected chi connectivity index (χ4v) is 2.84. The van der Waals surface area contributed by atoms with Crippen LogP contribution in [-0.4, -0.2) is 37.3 Å². The number of rotatable bonds is 3. The Labute approximate surface area is 124 Å². The standard InChI is InChI=1S/C13H19Cl2N3O/c1-4-9-7-19-8(2)6-18(9)13-11(15)5-10(14)12(16-3)17-13/h5,8-9H,4,6-7H2,1-3H3,(H,16,17). The minimum atomic E-state index is 0.175. The van der Waals surface area contributed by atoms with Gasteiger partial charge in [-0.3, -0.25) is 0 Å². The molecule has 0 radical (unpaired) electrons. The second kappa shape index (κ2) is 6.16. The number of hydrogen-bond donors (Lipinski definition) is 1. The van der Waals surface area contributed by atoms with Gasteiger partial charge >= 0.3 is 0 Å². The number of aromatic nitrogens is 1. The normalized spacial score (nSPS) is 23.5. The van der Waals surface area contributed by atoms with Gasteiger partial charge < -0.3 is 15.0 Å². The zero-order chi connectivity index (χ0) is 14.0. The number of halogens is 2. The molecule has 0 bridgehead atoms. The summed E-state index contributed by atoms with van der Waals surface area (Å²) < 4.78 is 5.70. The second-order valence-electron chi connectivity index (χ2n) is 4.73. The summed E-state index contributed by atoms with van der Waals surface area (Å²) in [6, 6.07) is 2.04. The topological polar surface area (TPSA) is 37.4 Å². The lowest BCUT2D eigenvalue weighted by Gasteiger charge is -2.39. The maximum absolute atomic E-state index is 6.30. The number of pyridine rings is 1. The van der Waals surface area contributed by atoms with Gasteiger partial charge in [0.05, 0.1) is 28.8 Å². The fraction of sp³-hybridized carbons (Fsp3) is 0.615. The van der Waals surface area contributed by atoms with E-state index < -0.39 is 0 Å². The zero-order valence-electron chi connectivity index (χ0n) is 11.4. The molecule has 1 fully saturated rings. The average molecular weight is 304 g/mol. The van der Waals surface area contributed by atoms with E-state index in [1.807, 2.05) is 0 Å². The van der Waals surface area contributed by atoms with Crippen LogP contribution in [-0.2, 0) is 4.74 Å². The Morgan fingerprint density at radius 3 is 2.84 bits per heavy atom. The van der Waals surface area contributed by atoms with Crippen molar-refractivity contribution >= 4 is 34.8 Å². The van der Waals surface area contributed by atoms with Crippen molar-refractivity contribution in [2.24, 2.45) is 0 Å². The monoisotopic (exact) mass is 303 g/mol. The number of nitrogens with zero attached hydrogens (tertiary/aromatic N) is 2. The third-order valence-corrected chi connectivity index (χ3v) is 3.93. The Balaban J connectivity index is 2.37. The molecule has 0 saturated carbocycles. The summed E-state index contributed by atoms with van der Waals surface area (Å²) >= 11 is 12.4. The Hall–Kier alpha value is -0.710. The van der Waals surface area contributed by atoms with E-state index in [0.717, 1.165) is 18.8 Å². The molecule has 1 aliphatic rings. The molecule has 1 aromatic rings. The van der Waals surface area contributed by atoms with Crippen LogP contribution in [0.1, 0.15) is 20.3 Å². The lowest BCUT2D eigenvalue weighted by Crippen LogP contribution is -2.49. The highest BCUT2D eigenvalue weighted by Gasteiger charge is 2.28. The molecule has 6 heteroatoms. The highest BCUT2D eigenvalue weighted by Crippen LogP contribution is 2.33. The van der Waals surface area contributed by atoms with Crippen molar-refractivity contribution in [1.29, 1.82) is 0 Å². The molecular weight excluding hydrogens is 285 g/mol. The Morgan fingerprint density at radius 2 is 2.21 bits per heavy atom. The van der Waals surface area contributed by atoms with E-state index in [-0.39, 0.29) is 6.10 Å². The summed E-state index contributed by atoms with van der Waals surface area (Å²) in [5.41, 5.74) is 0. The van der Waals surface area contributed by atoms with Gasteiger partial charge in [0.25, 0.3) is 0 Å². The van der Waals surface area contributed by atoms with Crippen LogP contribution in [0.15, 0.2) is 6.07 Å². The molecule has 4 nitrogen and oxygen atoms in total. The number of nitrogens with one attached hydrogen (secondary N) is 1. The first-order valence-electron chi connectivity index (χ1n) is 6.48. The van der Waals surface area contributed by atoms with E-state index in [1.165, 1.54) is 0 Å². The maximum Gasteiger partial charge on any atom is 0.150 e. The van der Waals surface area contributed by atoms with Crippen molar-refractivity contribution in [2.75, 3.05) is 30.4 Å². The summed E-state index contributed by atoms with van der Waals surface area (Å²) in [6.07, 6.45) is 1.16. The summed E-state index contributed by atoms with van der Waals surface area (Å²) in [6.45, 7) is 5.69. The van der Waals surface area contributed by atoms with Crippen molar-refractivity contribution in [3.05, 3.63) is 16.1 Å². The molecule has 19 heavy (non-hydrogen) atoms. The number of ether oxygens (including phenoxy) is 1. The zero-order valence-corrected chi connectivity index (χ0v) is 12.9. The number of hydrogen-bond acceptors (Lipinski definition) is 4. The van der Waals surface area contributed by atoms with Crippen molar-refractivity contribution in [1.82, 2.24) is 4.98 Å². The van der Waals surface area contributed by atoms with Gasteiger partial charge in [-0.15, -0.1) is 0 Å². The lowest BCUT2D eigenvalue weighted by atomic mass is 10.1. The van der Waals surface area contributed by atoms with Gasteiger partial charge in [-0.25, -0.2) is 4.98 Å². The molecule has 1 saturated heterocycles. The SMILES string of the molecule is CCC1COC(C)CN1c1nc(NC)c(Cl)cc1Cl. The van der Waals surface area contributed by atoms with Crippen LogP contribution in [0, 0.1) is 0 Å². The fourth-order valence-electron chi connectivity index (χ4n) is 2.28. The van der Waals surface area contributed by atoms with Gasteiger partial charge in [-0.1, -0.05) is 30.1 Å². The molecule has 2 heterocycles. The van der Waals surface area contributed by atoms with Gasteiger partial charge in [-0.05, 0) is 19.4 Å².